The highest BCUT2D eigenvalue weighted by Gasteiger charge is 2.60. The van der Waals surface area contributed by atoms with Crippen LogP contribution in [0.4, 0.5) is 0 Å². The van der Waals surface area contributed by atoms with Crippen LogP contribution in [0.3, 0.4) is 0 Å². The smallest absolute Gasteiger partial charge is 0.137 e. The first-order chi connectivity index (χ1) is 11.4. The van der Waals surface area contributed by atoms with E-state index in [4.69, 9.17) is 0 Å². The van der Waals surface area contributed by atoms with E-state index in [1.165, 1.54) is 56.1 Å². The van der Waals surface area contributed by atoms with Crippen molar-refractivity contribution in [2.75, 3.05) is 13.1 Å². The van der Waals surface area contributed by atoms with Crippen LogP contribution >= 0.6 is 0 Å². The van der Waals surface area contributed by atoms with Crippen LogP contribution in [0.1, 0.15) is 43.0 Å². The molecule has 2 aromatic rings. The fourth-order valence-electron chi connectivity index (χ4n) is 6.89. The Kier molecular flexibility index (Phi) is 2.61. The number of H-pyrrole nitrogens is 1. The van der Waals surface area contributed by atoms with Crippen LogP contribution in [0.25, 0.3) is 10.9 Å². The van der Waals surface area contributed by atoms with Gasteiger partial charge in [-0.15, -0.1) is 0 Å². The van der Waals surface area contributed by atoms with Crippen molar-refractivity contribution in [3.05, 3.63) is 35.5 Å². The maximum atomic E-state index is 3.86. The molecular weight excluding hydrogens is 282 g/mol. The molecule has 4 N–H and O–H groups in total. The lowest BCUT2D eigenvalue weighted by Gasteiger charge is -2.56. The van der Waals surface area contributed by atoms with E-state index in [0.717, 1.165) is 30.0 Å². The van der Waals surface area contributed by atoms with E-state index in [1.54, 1.807) is 11.3 Å². The molecule has 4 aliphatic heterocycles. The van der Waals surface area contributed by atoms with Crippen LogP contribution in [0.5, 0.6) is 0 Å². The molecule has 0 radical (unpaired) electrons. The number of piperidine rings is 3. The minimum atomic E-state index is 0.750. The molecule has 3 saturated heterocycles. The average Bonchev–Trinajstić information content (AvgIpc) is 3.01. The Morgan fingerprint density at radius 1 is 1.09 bits per heavy atom. The molecule has 7 rings (SSSR count). The molecule has 3 heteroatoms. The summed E-state index contributed by atoms with van der Waals surface area (Å²) in [6.45, 7) is 2.73. The maximum Gasteiger partial charge on any atom is 0.137 e. The van der Waals surface area contributed by atoms with Crippen molar-refractivity contribution in [3.8, 4) is 0 Å². The van der Waals surface area contributed by atoms with Gasteiger partial charge in [0.25, 0.3) is 0 Å². The highest BCUT2D eigenvalue weighted by atomic mass is 15.3. The first kappa shape index (κ1) is 13.0. The first-order valence-corrected chi connectivity index (χ1v) is 9.70. The van der Waals surface area contributed by atoms with Crippen molar-refractivity contribution < 1.29 is 10.2 Å². The van der Waals surface area contributed by atoms with E-state index < -0.39 is 0 Å². The summed E-state index contributed by atoms with van der Waals surface area (Å²) in [7, 11) is 0. The number of rotatable bonds is 0. The van der Waals surface area contributed by atoms with E-state index in [9.17, 15) is 0 Å². The molecule has 5 heterocycles. The second-order valence-corrected chi connectivity index (χ2v) is 8.37. The molecule has 5 aliphatic rings. The summed E-state index contributed by atoms with van der Waals surface area (Å²) in [4.78, 5) is 5.80. The minimum absolute atomic E-state index is 0.750. The summed E-state index contributed by atoms with van der Waals surface area (Å²) in [5.74, 6) is 1.90. The predicted molar refractivity (Wildman–Crippen MR) is 90.4 cm³/mol. The lowest BCUT2D eigenvalue weighted by atomic mass is 9.61. The van der Waals surface area contributed by atoms with Gasteiger partial charge in [-0.25, -0.2) is 0 Å². The van der Waals surface area contributed by atoms with Crippen molar-refractivity contribution in [1.29, 1.82) is 0 Å². The van der Waals surface area contributed by atoms with Gasteiger partial charge in [-0.3, -0.25) is 0 Å². The number of nitrogens with two attached hydrogens (primary N) is 1. The molecular formula is C20H27N3+2. The molecule has 2 bridgehead atoms. The summed E-state index contributed by atoms with van der Waals surface area (Å²) in [5.41, 5.74) is 4.62. The van der Waals surface area contributed by atoms with Crippen LogP contribution in [0, 0.1) is 11.8 Å². The van der Waals surface area contributed by atoms with Crippen LogP contribution in [0.15, 0.2) is 24.3 Å². The van der Waals surface area contributed by atoms with Crippen molar-refractivity contribution in [1.82, 2.24) is 4.98 Å². The Hall–Kier alpha value is -1.32. The van der Waals surface area contributed by atoms with Crippen LogP contribution in [-0.4, -0.2) is 30.2 Å². The zero-order chi connectivity index (χ0) is 15.0. The van der Waals surface area contributed by atoms with Crippen molar-refractivity contribution in [2.24, 2.45) is 11.8 Å². The molecule has 120 valence electrons. The summed E-state index contributed by atoms with van der Waals surface area (Å²) in [6.07, 6.45) is 7.17. The van der Waals surface area contributed by atoms with E-state index in [0.29, 0.717) is 0 Å². The minimum Gasteiger partial charge on any atom is -0.353 e. The summed E-state index contributed by atoms with van der Waals surface area (Å²) < 4.78 is 0. The van der Waals surface area contributed by atoms with Crippen molar-refractivity contribution >= 4 is 10.9 Å². The number of hydrogen-bond acceptors (Lipinski definition) is 0. The standard InChI is InChI=1S/C20H25N3/c1-2-6-16-12(4-1)13-9-11-23-17-8-7-15(20(23)19(13)22-16)18-14(17)5-3-10-21-18/h1-2,4,6,14-15,17-18,20-22H,3,5,7-11H2/p+2/t14-,15-,17+,18-,20+/m0/s1. The lowest BCUT2D eigenvalue weighted by molar-refractivity contribution is -0.989. The van der Waals surface area contributed by atoms with Crippen LogP contribution < -0.4 is 10.2 Å². The lowest BCUT2D eigenvalue weighted by Crippen LogP contribution is -3.23. The van der Waals surface area contributed by atoms with E-state index in [1.807, 2.05) is 4.90 Å². The zero-order valence-electron chi connectivity index (χ0n) is 13.7. The summed E-state index contributed by atoms with van der Waals surface area (Å²) in [5, 5.41) is 4.21. The Morgan fingerprint density at radius 2 is 2.04 bits per heavy atom. The Balaban J connectivity index is 1.50. The second kappa shape index (κ2) is 4.61. The van der Waals surface area contributed by atoms with E-state index >= 15 is 0 Å². The van der Waals surface area contributed by atoms with Gasteiger partial charge < -0.3 is 15.2 Å². The monoisotopic (exact) mass is 309 g/mol. The summed E-state index contributed by atoms with van der Waals surface area (Å²) >= 11 is 0. The van der Waals surface area contributed by atoms with Crippen LogP contribution in [0.2, 0.25) is 0 Å². The number of fused-ring (bicyclic) bond motifs is 4. The SMILES string of the molecule is c1ccc2c3c([nH]c2c1)[C@H]1[C@H]2CC[C@H]([C@@H]4CCC[NH2+][C@@H]42)[NH+]1CC3. The maximum absolute atomic E-state index is 3.86. The number of quaternary nitrogens is 2. The predicted octanol–water partition coefficient (Wildman–Crippen LogP) is 0.784. The Bertz CT molecular complexity index is 763. The third kappa shape index (κ3) is 1.62. The quantitative estimate of drug-likeness (QED) is 0.643. The summed E-state index contributed by atoms with van der Waals surface area (Å²) in [6, 6.07) is 11.6. The molecule has 4 fully saturated rings. The van der Waals surface area contributed by atoms with Gasteiger partial charge in [0.15, 0.2) is 0 Å². The van der Waals surface area contributed by atoms with Gasteiger partial charge in [0.2, 0.25) is 0 Å². The Morgan fingerprint density at radius 3 is 3.04 bits per heavy atom. The van der Waals surface area contributed by atoms with Gasteiger partial charge in [0.05, 0.1) is 36.7 Å². The van der Waals surface area contributed by atoms with E-state index in [2.05, 4.69) is 34.6 Å². The fourth-order valence-corrected chi connectivity index (χ4v) is 6.89. The largest absolute Gasteiger partial charge is 0.353 e. The van der Waals surface area contributed by atoms with E-state index in [-0.39, 0.29) is 0 Å². The molecule has 0 amide bonds. The third-order valence-electron chi connectivity index (χ3n) is 7.62. The van der Waals surface area contributed by atoms with Crippen molar-refractivity contribution in [2.45, 2.75) is 50.2 Å². The normalized spacial score (nSPS) is 41.4. The molecule has 23 heavy (non-hydrogen) atoms. The second-order valence-electron chi connectivity index (χ2n) is 8.37. The van der Waals surface area contributed by atoms with Gasteiger partial charge in [0.1, 0.15) is 12.1 Å². The molecule has 1 aromatic carbocycles. The van der Waals surface area contributed by atoms with Crippen molar-refractivity contribution in [3.63, 3.8) is 0 Å². The molecule has 1 saturated carbocycles. The number of aromatic amines is 1. The fraction of sp³-hybridized carbons (Fsp3) is 0.600. The highest BCUT2D eigenvalue weighted by molar-refractivity contribution is 5.85. The molecule has 3 nitrogen and oxygen atoms in total. The zero-order valence-corrected chi connectivity index (χ0v) is 13.7. The van der Waals surface area contributed by atoms with Gasteiger partial charge in [0, 0.05) is 23.7 Å². The number of aromatic nitrogens is 1. The number of benzene rings is 1. The molecule has 0 spiro atoms. The number of hydrogen-bond donors (Lipinski definition) is 3. The topological polar surface area (TPSA) is 36.8 Å². The average molecular weight is 309 g/mol. The van der Waals surface area contributed by atoms with Gasteiger partial charge >= 0.3 is 0 Å². The number of para-hydroxylation sites is 1. The highest BCUT2D eigenvalue weighted by Crippen LogP contribution is 2.44. The molecule has 1 aromatic heterocycles. The van der Waals surface area contributed by atoms with Gasteiger partial charge in [-0.2, -0.15) is 0 Å². The molecule has 6 atom stereocenters. The van der Waals surface area contributed by atoms with Gasteiger partial charge in [-0.1, -0.05) is 18.2 Å². The molecule has 1 aliphatic carbocycles. The Labute approximate surface area is 137 Å². The van der Waals surface area contributed by atoms with Crippen LogP contribution in [-0.2, 0) is 6.42 Å². The molecule has 1 unspecified atom stereocenters. The van der Waals surface area contributed by atoms with Gasteiger partial charge in [-0.05, 0) is 30.9 Å². The third-order valence-corrected chi connectivity index (χ3v) is 7.62. The first-order valence-electron chi connectivity index (χ1n) is 9.70. The number of nitrogens with one attached hydrogen (secondary N) is 2.